The van der Waals surface area contributed by atoms with E-state index in [1.54, 1.807) is 7.11 Å². The summed E-state index contributed by atoms with van der Waals surface area (Å²) in [5.74, 6) is 0.511. The van der Waals surface area contributed by atoms with Crippen molar-refractivity contribution in [2.45, 2.75) is 12.8 Å². The molecule has 1 aliphatic heterocycles. The Balaban J connectivity index is 1.81. The molecule has 1 aliphatic rings. The summed E-state index contributed by atoms with van der Waals surface area (Å²) in [4.78, 5) is 26.8. The van der Waals surface area contributed by atoms with Gasteiger partial charge in [-0.2, -0.15) is 0 Å². The Hall–Kier alpha value is -2.98. The van der Waals surface area contributed by atoms with Gasteiger partial charge in [0.2, 0.25) is 11.6 Å². The van der Waals surface area contributed by atoms with Gasteiger partial charge in [-0.3, -0.25) is 14.2 Å². The van der Waals surface area contributed by atoms with Crippen LogP contribution in [0.5, 0.6) is 5.75 Å². The van der Waals surface area contributed by atoms with Crippen molar-refractivity contribution in [1.82, 2.24) is 20.1 Å². The zero-order valence-electron chi connectivity index (χ0n) is 15.3. The van der Waals surface area contributed by atoms with Crippen molar-refractivity contribution < 1.29 is 19.0 Å². The minimum absolute atomic E-state index is 0.0900. The highest BCUT2D eigenvalue weighted by atomic mass is 16.7. The number of anilines is 2. The quantitative estimate of drug-likeness (QED) is 0.682. The maximum atomic E-state index is 12.7. The summed E-state index contributed by atoms with van der Waals surface area (Å²) >= 11 is 0. The van der Waals surface area contributed by atoms with Gasteiger partial charge < -0.3 is 24.4 Å². The summed E-state index contributed by atoms with van der Waals surface area (Å²) in [7, 11) is 4.51. The molecule has 0 bridgehead atoms. The first-order valence-corrected chi connectivity index (χ1v) is 8.32. The summed E-state index contributed by atoms with van der Waals surface area (Å²) in [5, 5.41) is 10.5. The highest BCUT2D eigenvalue weighted by Crippen LogP contribution is 2.28. The minimum atomic E-state index is -0.621. The monoisotopic (exact) mass is 375 g/mol. The second kappa shape index (κ2) is 8.14. The van der Waals surface area contributed by atoms with Crippen LogP contribution in [0.3, 0.4) is 0 Å². The van der Waals surface area contributed by atoms with Gasteiger partial charge in [-0.25, -0.2) is 0 Å². The van der Waals surface area contributed by atoms with Crippen molar-refractivity contribution in [2.24, 2.45) is 0 Å². The lowest BCUT2D eigenvalue weighted by molar-refractivity contribution is -0.0974. The van der Waals surface area contributed by atoms with Gasteiger partial charge in [-0.15, -0.1) is 10.2 Å². The molecule has 2 heterocycles. The molecule has 0 atom stereocenters. The van der Waals surface area contributed by atoms with Gasteiger partial charge in [-0.05, 0) is 24.3 Å². The predicted octanol–water partition coefficient (Wildman–Crippen LogP) is 0.147. The lowest BCUT2D eigenvalue weighted by atomic mass is 10.3. The molecule has 10 nitrogen and oxygen atoms in total. The molecular formula is C17H21N5O5. The molecule has 0 radical (unpaired) electrons. The Bertz CT molecular complexity index is 863. The molecule has 0 unspecified atom stereocenters. The topological polar surface area (TPSA) is 108 Å². The molecule has 27 heavy (non-hydrogen) atoms. The first kappa shape index (κ1) is 18.8. The molecule has 0 aliphatic carbocycles. The number of hydrogen-bond acceptors (Lipinski definition) is 8. The van der Waals surface area contributed by atoms with Gasteiger partial charge in [0.15, 0.2) is 6.29 Å². The average molecular weight is 375 g/mol. The number of methoxy groups -OCH3 is 3. The van der Waals surface area contributed by atoms with E-state index >= 15 is 0 Å². The number of rotatable bonds is 7. The molecule has 3 rings (SSSR count). The molecule has 1 aromatic carbocycles. The van der Waals surface area contributed by atoms with Crippen LogP contribution in [0.1, 0.15) is 10.5 Å². The van der Waals surface area contributed by atoms with E-state index in [0.717, 1.165) is 11.4 Å². The van der Waals surface area contributed by atoms with Crippen molar-refractivity contribution in [2.75, 3.05) is 39.3 Å². The highest BCUT2D eigenvalue weighted by Gasteiger charge is 2.27. The van der Waals surface area contributed by atoms with E-state index in [4.69, 9.17) is 14.2 Å². The maximum absolute atomic E-state index is 12.7. The number of fused-ring (bicyclic) bond motifs is 1. The summed E-state index contributed by atoms with van der Waals surface area (Å²) < 4.78 is 16.6. The summed E-state index contributed by atoms with van der Waals surface area (Å²) in [6.45, 7) is 1.05. The van der Waals surface area contributed by atoms with E-state index in [9.17, 15) is 9.59 Å². The lowest BCUT2D eigenvalue weighted by Gasteiger charge is -2.17. The molecule has 0 fully saturated rings. The fourth-order valence-electron chi connectivity index (χ4n) is 2.78. The second-order valence-corrected chi connectivity index (χ2v) is 5.77. The van der Waals surface area contributed by atoms with Crippen LogP contribution in [-0.2, 0) is 16.0 Å². The van der Waals surface area contributed by atoms with Crippen LogP contribution in [0.15, 0.2) is 29.1 Å². The summed E-state index contributed by atoms with van der Waals surface area (Å²) in [6, 6.07) is 7.40. The smallest absolute Gasteiger partial charge is 0.286 e. The highest BCUT2D eigenvalue weighted by molar-refractivity contribution is 5.91. The molecular weight excluding hydrogens is 354 g/mol. The van der Waals surface area contributed by atoms with Crippen LogP contribution in [0, 0.1) is 0 Å². The largest absolute Gasteiger partial charge is 0.497 e. The van der Waals surface area contributed by atoms with E-state index in [1.165, 1.54) is 18.8 Å². The lowest BCUT2D eigenvalue weighted by Crippen LogP contribution is -2.39. The number of hydrogen-bond donors (Lipinski definition) is 1. The van der Waals surface area contributed by atoms with E-state index in [0.29, 0.717) is 19.0 Å². The number of aromatic nitrogens is 3. The van der Waals surface area contributed by atoms with Gasteiger partial charge in [0.05, 0.1) is 13.7 Å². The third-order valence-corrected chi connectivity index (χ3v) is 4.27. The van der Waals surface area contributed by atoms with Crippen molar-refractivity contribution in [1.29, 1.82) is 0 Å². The Morgan fingerprint density at radius 1 is 1.15 bits per heavy atom. The van der Waals surface area contributed by atoms with Gasteiger partial charge in [-0.1, -0.05) is 0 Å². The van der Waals surface area contributed by atoms with Crippen LogP contribution in [-0.4, -0.2) is 61.4 Å². The number of nitrogens with one attached hydrogen (secondary N) is 1. The molecule has 0 saturated carbocycles. The second-order valence-electron chi connectivity index (χ2n) is 5.77. The third kappa shape index (κ3) is 3.76. The standard InChI is InChI=1S/C17H21N5O5/c1-25-12-6-4-11(5-7-12)21-8-9-22-16(24)14(19-20-17(21)22)15(23)18-10-13(26-2)27-3/h4-7,13H,8-10H2,1-3H3,(H,18,23). The van der Waals surface area contributed by atoms with E-state index in [-0.39, 0.29) is 12.2 Å². The number of amides is 1. The third-order valence-electron chi connectivity index (χ3n) is 4.27. The van der Waals surface area contributed by atoms with Crippen LogP contribution < -0.4 is 20.5 Å². The van der Waals surface area contributed by atoms with Gasteiger partial charge >= 0.3 is 0 Å². The minimum Gasteiger partial charge on any atom is -0.497 e. The predicted molar refractivity (Wildman–Crippen MR) is 96.4 cm³/mol. The van der Waals surface area contributed by atoms with Crippen LogP contribution in [0.2, 0.25) is 0 Å². The molecule has 0 saturated heterocycles. The normalized spacial score (nSPS) is 13.0. The van der Waals surface area contributed by atoms with Crippen molar-refractivity contribution in [3.63, 3.8) is 0 Å². The Morgan fingerprint density at radius 2 is 1.85 bits per heavy atom. The fourth-order valence-corrected chi connectivity index (χ4v) is 2.78. The Kier molecular flexibility index (Phi) is 5.67. The van der Waals surface area contributed by atoms with Crippen LogP contribution in [0.4, 0.5) is 11.6 Å². The van der Waals surface area contributed by atoms with Crippen molar-refractivity contribution in [3.8, 4) is 5.75 Å². The van der Waals surface area contributed by atoms with E-state index in [1.807, 2.05) is 29.2 Å². The average Bonchev–Trinajstić information content (AvgIpc) is 3.14. The van der Waals surface area contributed by atoms with Crippen molar-refractivity contribution in [3.05, 3.63) is 40.3 Å². The van der Waals surface area contributed by atoms with Gasteiger partial charge in [0.25, 0.3) is 11.5 Å². The van der Waals surface area contributed by atoms with Gasteiger partial charge in [0.1, 0.15) is 5.75 Å². The first-order valence-electron chi connectivity index (χ1n) is 8.32. The number of carbonyl (C=O) groups is 1. The zero-order chi connectivity index (χ0) is 19.4. The Labute approximate surface area is 155 Å². The van der Waals surface area contributed by atoms with Crippen LogP contribution >= 0.6 is 0 Å². The molecule has 144 valence electrons. The van der Waals surface area contributed by atoms with Crippen LogP contribution in [0.25, 0.3) is 0 Å². The summed E-state index contributed by atoms with van der Waals surface area (Å²) in [5.41, 5.74) is 0.108. The fraction of sp³-hybridized carbons (Fsp3) is 0.412. The summed E-state index contributed by atoms with van der Waals surface area (Å²) in [6.07, 6.45) is -0.607. The Morgan fingerprint density at radius 3 is 2.48 bits per heavy atom. The molecule has 2 aromatic rings. The first-order chi connectivity index (χ1) is 13.1. The van der Waals surface area contributed by atoms with Gasteiger partial charge in [0, 0.05) is 33.0 Å². The number of ether oxygens (including phenoxy) is 3. The van der Waals surface area contributed by atoms with Crippen molar-refractivity contribution >= 4 is 17.5 Å². The molecule has 1 N–H and O–H groups in total. The molecule has 1 amide bonds. The maximum Gasteiger partial charge on any atom is 0.286 e. The molecule has 1 aromatic heterocycles. The molecule has 10 heteroatoms. The van der Waals surface area contributed by atoms with E-state index in [2.05, 4.69) is 15.5 Å². The zero-order valence-corrected chi connectivity index (χ0v) is 15.3. The number of carbonyl (C=O) groups excluding carboxylic acids is 1. The SMILES string of the molecule is COc1ccc(N2CCn3c2nnc(C(=O)NCC(OC)OC)c3=O)cc1. The molecule has 0 spiro atoms. The number of benzene rings is 1. The number of nitrogens with zero attached hydrogens (tertiary/aromatic N) is 4. The van der Waals surface area contributed by atoms with E-state index < -0.39 is 17.8 Å².